The van der Waals surface area contributed by atoms with Crippen molar-refractivity contribution >= 4 is 61.4 Å². The molecule has 43 heavy (non-hydrogen) atoms. The normalized spacial score (nSPS) is 16.0. The Kier molecular flexibility index (Phi) is 7.92. The molecule has 1 aliphatic rings. The van der Waals surface area contributed by atoms with Crippen LogP contribution >= 0.6 is 15.9 Å². The molecule has 9 nitrogen and oxygen atoms in total. The lowest BCUT2D eigenvalue weighted by molar-refractivity contribution is 0.0702. The van der Waals surface area contributed by atoms with Crippen LogP contribution < -0.4 is 9.62 Å². The highest BCUT2D eigenvalue weighted by Gasteiger charge is 2.32. The second-order valence-corrected chi connectivity index (χ2v) is 12.7. The van der Waals surface area contributed by atoms with E-state index in [1.54, 1.807) is 54.0 Å². The minimum absolute atomic E-state index is 0.103. The van der Waals surface area contributed by atoms with Gasteiger partial charge in [0, 0.05) is 49.3 Å². The summed E-state index contributed by atoms with van der Waals surface area (Å²) >= 11 is 2.15. The molecule has 0 saturated carbocycles. The zero-order chi connectivity index (χ0) is 30.4. The quantitative estimate of drug-likeness (QED) is 0.183. The fraction of sp³-hybridized carbons (Fsp3) is 0.258. The van der Waals surface area contributed by atoms with E-state index in [0.29, 0.717) is 58.0 Å². The minimum atomic E-state index is -1.35. The van der Waals surface area contributed by atoms with Gasteiger partial charge in [-0.2, -0.15) is 4.31 Å². The molecular weight excluding hydrogens is 637 g/mol. The number of halogens is 2. The second-order valence-electron chi connectivity index (χ2n) is 10.5. The topological polar surface area (TPSA) is 106 Å². The third-order valence-electron chi connectivity index (χ3n) is 7.93. The number of nitrogens with zero attached hydrogens (tertiary/aromatic N) is 4. The van der Waals surface area contributed by atoms with Crippen molar-refractivity contribution in [3.63, 3.8) is 0 Å². The number of pyridine rings is 1. The van der Waals surface area contributed by atoms with E-state index in [2.05, 4.69) is 26.2 Å². The molecule has 1 fully saturated rings. The number of carbonyl (C=O) groups is 2. The first kappa shape index (κ1) is 29.2. The standard InChI is InChI=1S/C31H29BrFN5O4S/c1-34-30(39)28-22-14-21(24(36(2)43(3)41)15-25(22)42-29(28)18-9-11-20(33)12-10-18)19-6-5-13-37(16-19)31(40)23-17-38-26(32)7-4-8-27(38)35-23/h4,7-12,14-15,17,19H,5-6,13,16H2,1-3H3,(H,34,39)/t19-,43?/m0/s1. The Labute approximate surface area is 259 Å². The molecule has 0 aliphatic carbocycles. The number of anilines is 1. The van der Waals surface area contributed by atoms with Crippen molar-refractivity contribution in [3.05, 3.63) is 88.0 Å². The summed E-state index contributed by atoms with van der Waals surface area (Å²) in [6, 6.07) is 15.1. The van der Waals surface area contributed by atoms with Gasteiger partial charge < -0.3 is 19.2 Å². The van der Waals surface area contributed by atoms with Gasteiger partial charge in [0.2, 0.25) is 0 Å². The number of amides is 2. The highest BCUT2D eigenvalue weighted by atomic mass is 79.9. The Bertz CT molecular complexity index is 1850. The highest BCUT2D eigenvalue weighted by Crippen LogP contribution is 2.42. The number of rotatable bonds is 6. The lowest BCUT2D eigenvalue weighted by Gasteiger charge is -2.34. The molecule has 4 heterocycles. The first-order valence-electron chi connectivity index (χ1n) is 13.7. The highest BCUT2D eigenvalue weighted by molar-refractivity contribution is 9.10. The van der Waals surface area contributed by atoms with Crippen LogP contribution in [0.15, 0.2) is 69.8 Å². The molecule has 0 radical (unpaired) electrons. The van der Waals surface area contributed by atoms with E-state index in [9.17, 15) is 18.5 Å². The van der Waals surface area contributed by atoms with Gasteiger partial charge >= 0.3 is 0 Å². The van der Waals surface area contributed by atoms with Crippen molar-refractivity contribution in [1.29, 1.82) is 0 Å². The van der Waals surface area contributed by atoms with Crippen LogP contribution in [0.5, 0.6) is 0 Å². The lowest BCUT2D eigenvalue weighted by Crippen LogP contribution is -2.39. The Morgan fingerprint density at radius 1 is 1.21 bits per heavy atom. The summed E-state index contributed by atoms with van der Waals surface area (Å²) in [5.41, 5.74) is 3.90. The average Bonchev–Trinajstić information content (AvgIpc) is 3.62. The van der Waals surface area contributed by atoms with Gasteiger partial charge in [0.25, 0.3) is 11.8 Å². The lowest BCUT2D eigenvalue weighted by atomic mass is 9.88. The zero-order valence-corrected chi connectivity index (χ0v) is 26.2. The van der Waals surface area contributed by atoms with E-state index < -0.39 is 17.2 Å². The summed E-state index contributed by atoms with van der Waals surface area (Å²) in [4.78, 5) is 33.2. The first-order chi connectivity index (χ1) is 20.7. The van der Waals surface area contributed by atoms with Crippen molar-refractivity contribution in [3.8, 4) is 11.3 Å². The monoisotopic (exact) mass is 665 g/mol. The summed E-state index contributed by atoms with van der Waals surface area (Å²) in [7, 11) is 3.28. The Morgan fingerprint density at radius 3 is 2.67 bits per heavy atom. The number of nitrogens with one attached hydrogen (secondary N) is 1. The molecule has 5 aromatic rings. The zero-order valence-electron chi connectivity index (χ0n) is 23.8. The molecule has 1 saturated heterocycles. The molecule has 2 amide bonds. The maximum atomic E-state index is 13.7. The number of fused-ring (bicyclic) bond motifs is 2. The van der Waals surface area contributed by atoms with Crippen LogP contribution in [0.2, 0.25) is 0 Å². The van der Waals surface area contributed by atoms with Crippen LogP contribution in [-0.2, 0) is 11.4 Å². The van der Waals surface area contributed by atoms with Gasteiger partial charge in [-0.1, -0.05) is 6.07 Å². The van der Waals surface area contributed by atoms with Gasteiger partial charge in [-0.05, 0) is 76.8 Å². The van der Waals surface area contributed by atoms with Gasteiger partial charge in [0.05, 0.1) is 34.3 Å². The molecule has 3 aromatic heterocycles. The minimum Gasteiger partial charge on any atom is -0.593 e. The smallest absolute Gasteiger partial charge is 0.274 e. The molecule has 0 spiro atoms. The van der Waals surface area contributed by atoms with E-state index >= 15 is 0 Å². The van der Waals surface area contributed by atoms with Crippen molar-refractivity contribution in [2.75, 3.05) is 37.7 Å². The van der Waals surface area contributed by atoms with E-state index in [1.807, 2.05) is 28.7 Å². The molecular formula is C31H29BrFN5O4S. The number of carbonyl (C=O) groups excluding carboxylic acids is 2. The third-order valence-corrected chi connectivity index (χ3v) is 9.55. The van der Waals surface area contributed by atoms with Crippen molar-refractivity contribution in [1.82, 2.24) is 19.6 Å². The number of benzene rings is 2. The van der Waals surface area contributed by atoms with Gasteiger partial charge in [0.1, 0.15) is 34.8 Å². The average molecular weight is 667 g/mol. The van der Waals surface area contributed by atoms with Crippen molar-refractivity contribution in [2.24, 2.45) is 0 Å². The predicted molar refractivity (Wildman–Crippen MR) is 168 cm³/mol. The van der Waals surface area contributed by atoms with E-state index in [1.165, 1.54) is 12.1 Å². The number of hydrogen-bond donors (Lipinski definition) is 1. The molecule has 222 valence electrons. The fourth-order valence-electron chi connectivity index (χ4n) is 5.70. The van der Waals surface area contributed by atoms with Crippen molar-refractivity contribution < 1.29 is 22.9 Å². The van der Waals surface area contributed by atoms with Gasteiger partial charge in [-0.25, -0.2) is 9.37 Å². The molecule has 2 aromatic carbocycles. The summed E-state index contributed by atoms with van der Waals surface area (Å²) in [5.74, 6) is -0.693. The van der Waals surface area contributed by atoms with Crippen LogP contribution in [0.3, 0.4) is 0 Å². The number of aromatic nitrogens is 2. The Morgan fingerprint density at radius 2 is 1.98 bits per heavy atom. The maximum Gasteiger partial charge on any atom is 0.274 e. The van der Waals surface area contributed by atoms with E-state index in [4.69, 9.17) is 4.42 Å². The number of likely N-dealkylation sites (tertiary alicyclic amines) is 1. The fourth-order valence-corrected chi connectivity index (χ4v) is 6.57. The van der Waals surface area contributed by atoms with Crippen molar-refractivity contribution in [2.45, 2.75) is 18.8 Å². The molecule has 12 heteroatoms. The molecule has 0 bridgehead atoms. The van der Waals surface area contributed by atoms with Crippen LogP contribution in [0.4, 0.5) is 10.1 Å². The van der Waals surface area contributed by atoms with Gasteiger partial charge in [-0.15, -0.1) is 0 Å². The largest absolute Gasteiger partial charge is 0.593 e. The predicted octanol–water partition coefficient (Wildman–Crippen LogP) is 5.76. The molecule has 1 aliphatic heterocycles. The summed E-state index contributed by atoms with van der Waals surface area (Å²) < 4.78 is 36.9. The molecule has 2 atom stereocenters. The number of furan rings is 1. The molecule has 1 N–H and O–H groups in total. The number of piperidine rings is 1. The Balaban J connectivity index is 1.43. The Hall–Kier alpha value is -3.87. The number of hydrogen-bond acceptors (Lipinski definition) is 6. The molecule has 1 unspecified atom stereocenters. The van der Waals surface area contributed by atoms with Crippen LogP contribution in [0.25, 0.3) is 27.9 Å². The third kappa shape index (κ3) is 5.39. The van der Waals surface area contributed by atoms with Crippen LogP contribution in [0.1, 0.15) is 45.2 Å². The van der Waals surface area contributed by atoms with Crippen LogP contribution in [-0.4, -0.2) is 64.1 Å². The number of imidazole rings is 1. The van der Waals surface area contributed by atoms with E-state index in [-0.39, 0.29) is 17.7 Å². The SMILES string of the molecule is CNC(=O)c1c(-c2ccc(F)cc2)oc2cc(N(C)[S+](C)[O-])c([C@H]3CCCN(C(=O)c4cn5c(Br)cccc5n4)C3)cc12. The molecule has 6 rings (SSSR count). The summed E-state index contributed by atoms with van der Waals surface area (Å²) in [6.45, 7) is 1.01. The van der Waals surface area contributed by atoms with Crippen LogP contribution in [0, 0.1) is 5.82 Å². The summed E-state index contributed by atoms with van der Waals surface area (Å²) in [5, 5.41) is 3.28. The summed E-state index contributed by atoms with van der Waals surface area (Å²) in [6.07, 6.45) is 4.88. The van der Waals surface area contributed by atoms with Gasteiger partial charge in [-0.3, -0.25) is 14.0 Å². The van der Waals surface area contributed by atoms with E-state index in [0.717, 1.165) is 23.0 Å². The first-order valence-corrected chi connectivity index (χ1v) is 16.1. The maximum absolute atomic E-state index is 13.7. The van der Waals surface area contributed by atoms with Gasteiger partial charge in [0.15, 0.2) is 0 Å². The second kappa shape index (κ2) is 11.7.